The molecule has 0 bridgehead atoms. The number of rotatable bonds is 7. The first kappa shape index (κ1) is 18.4. The van der Waals surface area contributed by atoms with Crippen LogP contribution in [0.25, 0.3) is 0 Å². The highest BCUT2D eigenvalue weighted by atomic mass is 16.5. The van der Waals surface area contributed by atoms with Crippen LogP contribution in [0.5, 0.6) is 0 Å². The highest BCUT2D eigenvalue weighted by Crippen LogP contribution is 2.29. The fourth-order valence-corrected chi connectivity index (χ4v) is 3.65. The minimum atomic E-state index is -0.640. The number of nitrogens with one attached hydrogen (secondary N) is 1. The van der Waals surface area contributed by atoms with Crippen molar-refractivity contribution in [3.8, 4) is 0 Å². The van der Waals surface area contributed by atoms with E-state index in [4.69, 9.17) is 4.74 Å². The third kappa shape index (κ3) is 5.26. The summed E-state index contributed by atoms with van der Waals surface area (Å²) in [5.41, 5.74) is -0.640. The molecule has 0 amide bonds. The van der Waals surface area contributed by atoms with Gasteiger partial charge in [0.05, 0.1) is 7.11 Å². The van der Waals surface area contributed by atoms with Crippen molar-refractivity contribution in [1.29, 1.82) is 0 Å². The Morgan fingerprint density at radius 1 is 1.33 bits per heavy atom. The lowest BCUT2D eigenvalue weighted by atomic mass is 9.83. The Balaban J connectivity index is 2.64. The summed E-state index contributed by atoms with van der Waals surface area (Å²) in [6.07, 6.45) is 6.42. The van der Waals surface area contributed by atoms with Crippen LogP contribution in [0.3, 0.4) is 0 Å². The largest absolute Gasteiger partial charge is 0.468 e. The Hall–Kier alpha value is -0.610. The molecule has 1 fully saturated rings. The summed E-state index contributed by atoms with van der Waals surface area (Å²) in [5.74, 6) is 0.723. The molecule has 0 aliphatic heterocycles. The highest BCUT2D eigenvalue weighted by Gasteiger charge is 2.37. The maximum Gasteiger partial charge on any atom is 0.327 e. The molecule has 0 heterocycles. The van der Waals surface area contributed by atoms with E-state index >= 15 is 0 Å². The molecular weight excluding hydrogens is 264 g/mol. The van der Waals surface area contributed by atoms with Gasteiger partial charge in [-0.15, -0.1) is 0 Å². The van der Waals surface area contributed by atoms with Gasteiger partial charge in [0.25, 0.3) is 0 Å². The molecule has 21 heavy (non-hydrogen) atoms. The highest BCUT2D eigenvalue weighted by molar-refractivity contribution is 5.80. The molecule has 4 nitrogen and oxygen atoms in total. The summed E-state index contributed by atoms with van der Waals surface area (Å²) in [6, 6.07) is 0.837. The standard InChI is InChI=1S/C17H34N2O2/c1-7-14-8-10-15(11-9-14)19(5)12-17(4,16(20)21-6)18-13(2)3/h13-15,18H,7-12H2,1-6H3. The first-order chi connectivity index (χ1) is 9.82. The van der Waals surface area contributed by atoms with Crippen molar-refractivity contribution in [3.63, 3.8) is 0 Å². The van der Waals surface area contributed by atoms with E-state index in [-0.39, 0.29) is 12.0 Å². The number of carbonyl (C=O) groups excluding carboxylic acids is 1. The van der Waals surface area contributed by atoms with E-state index in [1.807, 2.05) is 6.92 Å². The van der Waals surface area contributed by atoms with Gasteiger partial charge in [0, 0.05) is 18.6 Å². The van der Waals surface area contributed by atoms with Gasteiger partial charge in [-0.3, -0.25) is 10.1 Å². The summed E-state index contributed by atoms with van der Waals surface area (Å²) < 4.78 is 5.01. The summed E-state index contributed by atoms with van der Waals surface area (Å²) >= 11 is 0. The minimum Gasteiger partial charge on any atom is -0.468 e. The lowest BCUT2D eigenvalue weighted by Gasteiger charge is -2.40. The number of methoxy groups -OCH3 is 1. The number of carbonyl (C=O) groups is 1. The van der Waals surface area contributed by atoms with E-state index in [0.717, 1.165) is 5.92 Å². The molecule has 1 unspecified atom stereocenters. The molecule has 0 aromatic heterocycles. The molecule has 0 aromatic carbocycles. The summed E-state index contributed by atoms with van der Waals surface area (Å²) in [6.45, 7) is 9.06. The van der Waals surface area contributed by atoms with Crippen molar-refractivity contribution in [2.75, 3.05) is 20.7 Å². The number of likely N-dealkylation sites (N-methyl/N-ethyl adjacent to an activating group) is 1. The smallest absolute Gasteiger partial charge is 0.327 e. The Kier molecular flexibility index (Phi) is 7.14. The first-order valence-corrected chi connectivity index (χ1v) is 8.38. The molecular formula is C17H34N2O2. The van der Waals surface area contributed by atoms with Crippen LogP contribution in [0.2, 0.25) is 0 Å². The van der Waals surface area contributed by atoms with Crippen molar-refractivity contribution < 1.29 is 9.53 Å². The van der Waals surface area contributed by atoms with Gasteiger partial charge in [-0.2, -0.15) is 0 Å². The third-order valence-corrected chi connectivity index (χ3v) is 4.83. The second-order valence-corrected chi connectivity index (χ2v) is 7.12. The maximum absolute atomic E-state index is 12.2. The van der Waals surface area contributed by atoms with Gasteiger partial charge in [-0.1, -0.05) is 13.3 Å². The van der Waals surface area contributed by atoms with Crippen molar-refractivity contribution in [1.82, 2.24) is 10.2 Å². The second kappa shape index (κ2) is 8.14. The SMILES string of the molecule is CCC1CCC(N(C)CC(C)(NC(C)C)C(=O)OC)CC1. The minimum absolute atomic E-state index is 0.176. The quantitative estimate of drug-likeness (QED) is 0.734. The van der Waals surface area contributed by atoms with Gasteiger partial charge in [0.1, 0.15) is 5.54 Å². The Morgan fingerprint density at radius 3 is 2.33 bits per heavy atom. The van der Waals surface area contributed by atoms with Crippen molar-refractivity contribution >= 4 is 5.97 Å². The second-order valence-electron chi connectivity index (χ2n) is 7.12. The van der Waals surface area contributed by atoms with Gasteiger partial charge >= 0.3 is 5.97 Å². The Bertz CT molecular complexity index is 325. The molecule has 1 atom stereocenters. The molecule has 1 saturated carbocycles. The molecule has 124 valence electrons. The normalized spacial score (nSPS) is 25.9. The molecule has 0 aromatic rings. The summed E-state index contributed by atoms with van der Waals surface area (Å²) in [5, 5.41) is 3.38. The van der Waals surface area contributed by atoms with Crippen LogP contribution in [-0.2, 0) is 9.53 Å². The van der Waals surface area contributed by atoms with Crippen molar-refractivity contribution in [2.24, 2.45) is 5.92 Å². The van der Waals surface area contributed by atoms with Crippen LogP contribution >= 0.6 is 0 Å². The van der Waals surface area contributed by atoms with Crippen LogP contribution in [-0.4, -0.2) is 49.2 Å². The molecule has 0 radical (unpaired) electrons. The van der Waals surface area contributed by atoms with Crippen LogP contribution in [0, 0.1) is 5.92 Å². The van der Waals surface area contributed by atoms with Crippen LogP contribution in [0.15, 0.2) is 0 Å². The number of hydrogen-bond acceptors (Lipinski definition) is 4. The van der Waals surface area contributed by atoms with Crippen LogP contribution < -0.4 is 5.32 Å². The lowest BCUT2D eigenvalue weighted by molar-refractivity contribution is -0.149. The van der Waals surface area contributed by atoms with E-state index in [0.29, 0.717) is 12.6 Å². The fraction of sp³-hybridized carbons (Fsp3) is 0.941. The van der Waals surface area contributed by atoms with E-state index in [9.17, 15) is 4.79 Å². The van der Waals surface area contributed by atoms with Gasteiger partial charge < -0.3 is 9.64 Å². The predicted octanol–water partition coefficient (Wildman–Crippen LogP) is 2.82. The van der Waals surface area contributed by atoms with Crippen LogP contribution in [0.4, 0.5) is 0 Å². The number of ether oxygens (including phenoxy) is 1. The van der Waals surface area contributed by atoms with Gasteiger partial charge in [-0.25, -0.2) is 0 Å². The summed E-state index contributed by atoms with van der Waals surface area (Å²) in [7, 11) is 3.61. The number of nitrogens with zero attached hydrogens (tertiary/aromatic N) is 1. The van der Waals surface area contributed by atoms with E-state index < -0.39 is 5.54 Å². The van der Waals surface area contributed by atoms with Gasteiger partial charge in [0.15, 0.2) is 0 Å². The third-order valence-electron chi connectivity index (χ3n) is 4.83. The molecule has 1 N–H and O–H groups in total. The summed E-state index contributed by atoms with van der Waals surface area (Å²) in [4.78, 5) is 14.5. The van der Waals surface area contributed by atoms with E-state index in [1.165, 1.54) is 39.2 Å². The van der Waals surface area contributed by atoms with Crippen LogP contribution in [0.1, 0.15) is 59.8 Å². The molecule has 1 aliphatic rings. The zero-order valence-corrected chi connectivity index (χ0v) is 14.7. The zero-order valence-electron chi connectivity index (χ0n) is 14.7. The molecule has 0 saturated heterocycles. The molecule has 1 rings (SSSR count). The van der Waals surface area contributed by atoms with Gasteiger partial charge in [-0.05, 0) is 59.4 Å². The number of hydrogen-bond donors (Lipinski definition) is 1. The first-order valence-electron chi connectivity index (χ1n) is 8.38. The average Bonchev–Trinajstić information content (AvgIpc) is 2.45. The van der Waals surface area contributed by atoms with E-state index in [2.05, 4.69) is 38.0 Å². The topological polar surface area (TPSA) is 41.6 Å². The van der Waals surface area contributed by atoms with Crippen molar-refractivity contribution in [2.45, 2.75) is 77.4 Å². The maximum atomic E-state index is 12.2. The Labute approximate surface area is 130 Å². The molecule has 1 aliphatic carbocycles. The lowest BCUT2D eigenvalue weighted by Crippen LogP contribution is -2.60. The monoisotopic (exact) mass is 298 g/mol. The van der Waals surface area contributed by atoms with E-state index in [1.54, 1.807) is 0 Å². The predicted molar refractivity (Wildman–Crippen MR) is 87.4 cm³/mol. The van der Waals surface area contributed by atoms with Gasteiger partial charge in [0.2, 0.25) is 0 Å². The molecule has 0 spiro atoms. The van der Waals surface area contributed by atoms with Crippen molar-refractivity contribution in [3.05, 3.63) is 0 Å². The Morgan fingerprint density at radius 2 is 1.90 bits per heavy atom. The molecule has 4 heteroatoms. The zero-order chi connectivity index (χ0) is 16.0. The fourth-order valence-electron chi connectivity index (χ4n) is 3.65. The number of esters is 1. The average molecular weight is 298 g/mol.